The molecule has 31 heavy (non-hydrogen) atoms. The van der Waals surface area contributed by atoms with E-state index in [4.69, 9.17) is 0 Å². The maximum Gasteiger partial charge on any atom is 0.0802 e. The lowest BCUT2D eigenvalue weighted by atomic mass is 9.90. The van der Waals surface area contributed by atoms with Gasteiger partial charge in [0.1, 0.15) is 0 Å². The number of hydrogen-bond donors (Lipinski definition) is 3. The molecule has 2 aromatic rings. The quantitative estimate of drug-likeness (QED) is 0.433. The van der Waals surface area contributed by atoms with Gasteiger partial charge in [0.25, 0.3) is 0 Å². The standard InChI is InChI=1S/C21H27NO3.C6H4/c23-15-17-8-4-5-9-19(17)20-14-18(24)10-12-22(20)13-11-21(25)16-6-2-1-3-7-16;1-2-5-4-6(5)3-1/h1-9,18,20-21,23-25H,10-15H2;1-4H. The van der Waals surface area contributed by atoms with Crippen molar-refractivity contribution < 1.29 is 15.3 Å². The van der Waals surface area contributed by atoms with Crippen LogP contribution in [0, 0.1) is 0 Å². The number of likely N-dealkylation sites (tertiary alicyclic amines) is 1. The Labute approximate surface area is 184 Å². The van der Waals surface area contributed by atoms with Crippen LogP contribution in [0.4, 0.5) is 0 Å². The number of aliphatic hydroxyl groups excluding tert-OH is 3. The van der Waals surface area contributed by atoms with E-state index < -0.39 is 6.10 Å². The highest BCUT2D eigenvalue weighted by Crippen LogP contribution is 2.34. The normalized spacial score (nSPS) is 20.5. The van der Waals surface area contributed by atoms with Crippen LogP contribution < -0.4 is 0 Å². The second kappa shape index (κ2) is 10.2. The van der Waals surface area contributed by atoms with Gasteiger partial charge in [-0.1, -0.05) is 72.8 Å². The van der Waals surface area contributed by atoms with Crippen LogP contribution in [0.15, 0.2) is 78.9 Å². The summed E-state index contributed by atoms with van der Waals surface area (Å²) in [6.45, 7) is 1.56. The van der Waals surface area contributed by atoms with Crippen molar-refractivity contribution in [3.8, 4) is 11.1 Å². The molecule has 0 saturated carbocycles. The van der Waals surface area contributed by atoms with Gasteiger partial charge in [0, 0.05) is 19.1 Å². The van der Waals surface area contributed by atoms with E-state index >= 15 is 0 Å². The third-order valence-electron chi connectivity index (χ3n) is 6.26. The second-order valence-electron chi connectivity index (χ2n) is 8.38. The van der Waals surface area contributed by atoms with Crippen molar-refractivity contribution >= 4 is 0 Å². The second-order valence-corrected chi connectivity index (χ2v) is 8.38. The molecule has 2 aliphatic carbocycles. The predicted molar refractivity (Wildman–Crippen MR) is 123 cm³/mol. The molecule has 5 rings (SSSR count). The van der Waals surface area contributed by atoms with Crippen molar-refractivity contribution in [2.45, 2.75) is 44.1 Å². The van der Waals surface area contributed by atoms with Crippen molar-refractivity contribution in [2.75, 3.05) is 13.1 Å². The average molecular weight is 418 g/mol. The molecule has 1 heterocycles. The van der Waals surface area contributed by atoms with Crippen LogP contribution in [0.2, 0.25) is 0 Å². The predicted octanol–water partition coefficient (Wildman–Crippen LogP) is 4.47. The van der Waals surface area contributed by atoms with Crippen molar-refractivity contribution in [3.63, 3.8) is 0 Å². The van der Waals surface area contributed by atoms with Gasteiger partial charge in [-0.25, -0.2) is 0 Å². The number of rotatable bonds is 6. The molecule has 4 heteroatoms. The van der Waals surface area contributed by atoms with Gasteiger partial charge in [0.15, 0.2) is 0 Å². The van der Waals surface area contributed by atoms with Crippen molar-refractivity contribution in [3.05, 3.63) is 95.6 Å². The molecular formula is C27H31NO3. The number of piperidine rings is 1. The van der Waals surface area contributed by atoms with Crippen LogP contribution in [0.5, 0.6) is 0 Å². The Balaban J connectivity index is 0.000000325. The van der Waals surface area contributed by atoms with Crippen molar-refractivity contribution in [1.82, 2.24) is 4.90 Å². The molecule has 1 aliphatic heterocycles. The monoisotopic (exact) mass is 417 g/mol. The Hall–Kier alpha value is -2.50. The van der Waals surface area contributed by atoms with Gasteiger partial charge in [0.05, 0.1) is 18.8 Å². The summed E-state index contributed by atoms with van der Waals surface area (Å²) in [4.78, 5) is 2.33. The van der Waals surface area contributed by atoms with E-state index in [2.05, 4.69) is 29.2 Å². The first-order valence-electron chi connectivity index (χ1n) is 11.1. The van der Waals surface area contributed by atoms with E-state index in [-0.39, 0.29) is 18.8 Å². The lowest BCUT2D eigenvalue weighted by molar-refractivity contribution is 0.0309. The molecule has 4 nitrogen and oxygen atoms in total. The fourth-order valence-electron chi connectivity index (χ4n) is 4.40. The third kappa shape index (κ3) is 5.60. The lowest BCUT2D eigenvalue weighted by Gasteiger charge is -2.39. The summed E-state index contributed by atoms with van der Waals surface area (Å²) < 4.78 is 0. The summed E-state index contributed by atoms with van der Waals surface area (Å²) in [5.74, 6) is 0. The Kier molecular flexibility index (Phi) is 7.15. The maximum absolute atomic E-state index is 10.4. The highest BCUT2D eigenvalue weighted by atomic mass is 16.3. The van der Waals surface area contributed by atoms with E-state index in [1.807, 2.05) is 54.6 Å². The molecule has 0 spiro atoms. The molecular weight excluding hydrogens is 386 g/mol. The van der Waals surface area contributed by atoms with Gasteiger partial charge in [0.2, 0.25) is 0 Å². The fraction of sp³-hybridized carbons (Fsp3) is 0.333. The van der Waals surface area contributed by atoms with Crippen LogP contribution in [0.3, 0.4) is 0 Å². The number of hydrogen-bond acceptors (Lipinski definition) is 4. The van der Waals surface area contributed by atoms with Crippen molar-refractivity contribution in [1.29, 1.82) is 0 Å². The highest BCUT2D eigenvalue weighted by Gasteiger charge is 2.30. The zero-order valence-corrected chi connectivity index (χ0v) is 17.8. The van der Waals surface area contributed by atoms with E-state index in [1.54, 1.807) is 0 Å². The van der Waals surface area contributed by atoms with Gasteiger partial charge in [-0.3, -0.25) is 4.90 Å². The highest BCUT2D eigenvalue weighted by molar-refractivity contribution is 5.80. The first-order valence-corrected chi connectivity index (χ1v) is 11.1. The minimum Gasteiger partial charge on any atom is -0.393 e. The fourth-order valence-corrected chi connectivity index (χ4v) is 4.40. The molecule has 3 atom stereocenters. The Morgan fingerprint density at radius 2 is 1.61 bits per heavy atom. The molecule has 3 aliphatic rings. The summed E-state index contributed by atoms with van der Waals surface area (Å²) in [6.07, 6.45) is 1.27. The molecule has 2 aromatic carbocycles. The number of nitrogens with zero attached hydrogens (tertiary/aromatic N) is 1. The molecule has 0 bridgehead atoms. The van der Waals surface area contributed by atoms with Gasteiger partial charge in [-0.2, -0.15) is 0 Å². The van der Waals surface area contributed by atoms with Crippen molar-refractivity contribution in [2.24, 2.45) is 0 Å². The molecule has 162 valence electrons. The summed E-state index contributed by atoms with van der Waals surface area (Å²) in [5.41, 5.74) is 5.78. The van der Waals surface area contributed by atoms with E-state index in [1.165, 1.54) is 11.1 Å². The molecule has 3 unspecified atom stereocenters. The minimum absolute atomic E-state index is 0.00322. The van der Waals surface area contributed by atoms with E-state index in [0.29, 0.717) is 12.8 Å². The zero-order chi connectivity index (χ0) is 21.6. The van der Waals surface area contributed by atoms with E-state index in [9.17, 15) is 15.3 Å². The van der Waals surface area contributed by atoms with Gasteiger partial charge < -0.3 is 15.3 Å². The Morgan fingerprint density at radius 1 is 0.903 bits per heavy atom. The maximum atomic E-state index is 10.4. The molecule has 1 fully saturated rings. The Morgan fingerprint density at radius 3 is 2.26 bits per heavy atom. The lowest BCUT2D eigenvalue weighted by Crippen LogP contribution is -2.40. The summed E-state index contributed by atoms with van der Waals surface area (Å²) in [5, 5.41) is 30.2. The van der Waals surface area contributed by atoms with Gasteiger partial charge in [-0.05, 0) is 53.1 Å². The number of aliphatic hydroxyl groups is 3. The van der Waals surface area contributed by atoms with Crippen LogP contribution >= 0.6 is 0 Å². The van der Waals surface area contributed by atoms with Crippen LogP contribution in [0.1, 0.15) is 48.1 Å². The Bertz CT molecular complexity index is 958. The molecule has 0 radical (unpaired) electrons. The van der Waals surface area contributed by atoms with Crippen LogP contribution in [0.25, 0.3) is 11.1 Å². The zero-order valence-electron chi connectivity index (χ0n) is 17.8. The topological polar surface area (TPSA) is 63.9 Å². The van der Waals surface area contributed by atoms with Gasteiger partial charge >= 0.3 is 0 Å². The SMILES string of the molecule is OCc1ccccc1C1CC(O)CCN1CCC(O)c1ccccc1.c1cc2cc-2c1. The molecule has 1 saturated heterocycles. The van der Waals surface area contributed by atoms with Crippen LogP contribution in [-0.4, -0.2) is 39.4 Å². The number of benzene rings is 3. The smallest absolute Gasteiger partial charge is 0.0802 e. The van der Waals surface area contributed by atoms with Crippen LogP contribution in [-0.2, 0) is 6.61 Å². The first kappa shape index (κ1) is 21.7. The molecule has 0 aromatic heterocycles. The summed E-state index contributed by atoms with van der Waals surface area (Å²) in [6, 6.07) is 26.2. The first-order chi connectivity index (χ1) is 15.2. The molecule has 0 amide bonds. The largest absolute Gasteiger partial charge is 0.393 e. The minimum atomic E-state index is -0.484. The number of fused-ring (bicyclic) bond motifs is 1. The molecule has 3 N–H and O–H groups in total. The summed E-state index contributed by atoms with van der Waals surface area (Å²) in [7, 11) is 0. The third-order valence-corrected chi connectivity index (χ3v) is 6.26. The van der Waals surface area contributed by atoms with E-state index in [0.717, 1.165) is 36.2 Å². The summed E-state index contributed by atoms with van der Waals surface area (Å²) >= 11 is 0. The van der Waals surface area contributed by atoms with Gasteiger partial charge in [-0.15, -0.1) is 0 Å². The average Bonchev–Trinajstić information content (AvgIpc) is 3.43.